The monoisotopic (exact) mass is 933 g/mol. The van der Waals surface area contributed by atoms with E-state index in [2.05, 4.69) is 20.5 Å². The SMILES string of the molecule is CCCNC[C@]1(O)[C@H](C)O[C@@H](O[C@H]2[C@H](C)[C@@H](O[C@@H]3O[C@H](C)C[C@H](N(C)C)[C@H]3Oc3cnc4ccccc4c3)[C@](C)(O)C[C@@H](C)CN[C@H](C)[C@@H](O)[C@](C)(O)[C@@H](CC)OC(=O)[C@@H]2C)C[C@@]1(C)OC. The number of ether oxygens (including phenoxy) is 7. The van der Waals surface area contributed by atoms with E-state index in [0.717, 1.165) is 17.3 Å². The number of carbonyl (C=O) groups excluding carboxylic acids is 1. The lowest BCUT2D eigenvalue weighted by Gasteiger charge is -2.53. The minimum absolute atomic E-state index is 0.0909. The van der Waals surface area contributed by atoms with Gasteiger partial charge in [-0.2, -0.15) is 0 Å². The van der Waals surface area contributed by atoms with Crippen LogP contribution >= 0.6 is 0 Å². The van der Waals surface area contributed by atoms with Crippen LogP contribution in [-0.2, 0) is 33.2 Å². The van der Waals surface area contributed by atoms with Crippen LogP contribution in [0.5, 0.6) is 5.75 Å². The van der Waals surface area contributed by atoms with Gasteiger partial charge in [-0.1, -0.05) is 45.9 Å². The number of hydrogen-bond acceptors (Lipinski definition) is 16. The Balaban J connectivity index is 1.61. The van der Waals surface area contributed by atoms with E-state index in [4.69, 9.17) is 33.2 Å². The number of rotatable bonds is 13. The zero-order valence-electron chi connectivity index (χ0n) is 42.2. The molecule has 16 heteroatoms. The normalized spacial score (nSPS) is 42.4. The van der Waals surface area contributed by atoms with Crippen LogP contribution in [0, 0.1) is 17.8 Å². The molecular formula is C50H84N4O12. The minimum Gasteiger partial charge on any atom is -0.482 e. The van der Waals surface area contributed by atoms with E-state index in [1.54, 1.807) is 47.9 Å². The highest BCUT2D eigenvalue weighted by Crippen LogP contribution is 2.43. The Labute approximate surface area is 393 Å². The molecule has 3 aliphatic rings. The highest BCUT2D eigenvalue weighted by molar-refractivity contribution is 5.79. The second-order valence-corrected chi connectivity index (χ2v) is 20.6. The van der Waals surface area contributed by atoms with E-state index in [0.29, 0.717) is 25.3 Å². The van der Waals surface area contributed by atoms with E-state index >= 15 is 0 Å². The van der Waals surface area contributed by atoms with Gasteiger partial charge in [0, 0.05) is 37.4 Å². The third kappa shape index (κ3) is 12.0. The van der Waals surface area contributed by atoms with Crippen molar-refractivity contribution in [2.24, 2.45) is 17.8 Å². The molecule has 0 aliphatic carbocycles. The summed E-state index contributed by atoms with van der Waals surface area (Å²) in [6, 6.07) is 8.96. The number of pyridine rings is 1. The Morgan fingerprint density at radius 2 is 1.67 bits per heavy atom. The van der Waals surface area contributed by atoms with Crippen molar-refractivity contribution in [3.63, 3.8) is 0 Å². The van der Waals surface area contributed by atoms with Gasteiger partial charge in [0.1, 0.15) is 34.8 Å². The lowest BCUT2D eigenvalue weighted by Crippen LogP contribution is -2.70. The van der Waals surface area contributed by atoms with Gasteiger partial charge in [-0.15, -0.1) is 0 Å². The van der Waals surface area contributed by atoms with E-state index < -0.39 is 95.5 Å². The van der Waals surface area contributed by atoms with Gasteiger partial charge in [0.2, 0.25) is 0 Å². The van der Waals surface area contributed by atoms with E-state index in [1.165, 1.54) is 6.92 Å². The van der Waals surface area contributed by atoms with Crippen LogP contribution in [0.2, 0.25) is 0 Å². The Hall–Kier alpha value is -2.58. The summed E-state index contributed by atoms with van der Waals surface area (Å²) >= 11 is 0. The van der Waals surface area contributed by atoms with Gasteiger partial charge in [0.25, 0.3) is 0 Å². The summed E-state index contributed by atoms with van der Waals surface area (Å²) < 4.78 is 46.5. The van der Waals surface area contributed by atoms with Crippen LogP contribution in [0.3, 0.4) is 0 Å². The number of benzene rings is 1. The molecule has 0 unspecified atom stereocenters. The summed E-state index contributed by atoms with van der Waals surface area (Å²) in [6.45, 7) is 21.2. The summed E-state index contributed by atoms with van der Waals surface area (Å²) in [5, 5.41) is 56.1. The number of aliphatic hydroxyl groups is 4. The summed E-state index contributed by atoms with van der Waals surface area (Å²) in [7, 11) is 5.53. The number of aliphatic hydroxyl groups excluding tert-OH is 1. The third-order valence-electron chi connectivity index (χ3n) is 14.8. The number of carbonyl (C=O) groups is 1. The number of esters is 1. The van der Waals surface area contributed by atoms with Crippen LogP contribution in [0.15, 0.2) is 36.5 Å². The second-order valence-electron chi connectivity index (χ2n) is 20.6. The molecule has 0 radical (unpaired) electrons. The predicted octanol–water partition coefficient (Wildman–Crippen LogP) is 4.56. The molecule has 66 heavy (non-hydrogen) atoms. The van der Waals surface area contributed by atoms with Gasteiger partial charge in [0.05, 0.1) is 53.7 Å². The largest absolute Gasteiger partial charge is 0.482 e. The maximum absolute atomic E-state index is 14.6. The first kappa shape index (κ1) is 54.4. The molecule has 3 saturated heterocycles. The Morgan fingerprint density at radius 3 is 2.32 bits per heavy atom. The Bertz CT molecular complexity index is 1860. The topological polar surface area (TPSA) is 203 Å². The third-order valence-corrected chi connectivity index (χ3v) is 14.8. The van der Waals surface area contributed by atoms with Gasteiger partial charge < -0.3 is 69.1 Å². The zero-order valence-corrected chi connectivity index (χ0v) is 42.2. The first-order valence-corrected chi connectivity index (χ1v) is 24.3. The number of hydrogen-bond donors (Lipinski definition) is 6. The molecule has 0 bridgehead atoms. The van der Waals surface area contributed by atoms with Gasteiger partial charge in [0.15, 0.2) is 18.7 Å². The molecule has 3 aliphatic heterocycles. The fraction of sp³-hybridized carbons (Fsp3) is 0.800. The first-order valence-electron chi connectivity index (χ1n) is 24.3. The summed E-state index contributed by atoms with van der Waals surface area (Å²) in [4.78, 5) is 21.4. The molecule has 16 nitrogen and oxygen atoms in total. The number of fused-ring (bicyclic) bond motifs is 1. The molecule has 0 spiro atoms. The first-order chi connectivity index (χ1) is 30.9. The molecule has 2 aromatic rings. The van der Waals surface area contributed by atoms with Crippen molar-refractivity contribution in [3.8, 4) is 5.75 Å². The lowest BCUT2D eigenvalue weighted by atomic mass is 9.75. The zero-order chi connectivity index (χ0) is 48.9. The van der Waals surface area contributed by atoms with E-state index in [-0.39, 0.29) is 43.9 Å². The molecule has 18 atom stereocenters. The van der Waals surface area contributed by atoms with Crippen molar-refractivity contribution >= 4 is 16.9 Å². The quantitative estimate of drug-likeness (QED) is 0.120. The van der Waals surface area contributed by atoms with Crippen molar-refractivity contribution in [2.75, 3.05) is 40.8 Å². The molecule has 0 amide bonds. The Kier molecular flexibility index (Phi) is 18.5. The number of para-hydroxylation sites is 1. The highest BCUT2D eigenvalue weighted by Gasteiger charge is 2.58. The maximum Gasteiger partial charge on any atom is 0.311 e. The average molecular weight is 933 g/mol. The highest BCUT2D eigenvalue weighted by atomic mass is 16.7. The maximum atomic E-state index is 14.6. The molecule has 1 aromatic carbocycles. The number of nitrogens with one attached hydrogen (secondary N) is 2. The van der Waals surface area contributed by atoms with Gasteiger partial charge in [-0.25, -0.2) is 0 Å². The number of likely N-dealkylation sites (N-methyl/N-ethyl adjacent to an activating group) is 1. The van der Waals surface area contributed by atoms with E-state index in [1.807, 2.05) is 79.0 Å². The molecule has 3 fully saturated rings. The average Bonchev–Trinajstić information content (AvgIpc) is 3.26. The number of methoxy groups -OCH3 is 1. The summed E-state index contributed by atoms with van der Waals surface area (Å²) in [5.74, 6) is -2.16. The van der Waals surface area contributed by atoms with Crippen LogP contribution < -0.4 is 15.4 Å². The van der Waals surface area contributed by atoms with Crippen molar-refractivity contribution < 1.29 is 58.4 Å². The number of nitrogens with zero attached hydrogens (tertiary/aromatic N) is 2. The molecule has 0 saturated carbocycles. The van der Waals surface area contributed by atoms with Gasteiger partial charge in [-0.3, -0.25) is 9.78 Å². The van der Waals surface area contributed by atoms with Crippen molar-refractivity contribution in [2.45, 2.75) is 198 Å². The fourth-order valence-electron chi connectivity index (χ4n) is 10.6. The van der Waals surface area contributed by atoms with E-state index in [9.17, 15) is 25.2 Å². The molecule has 376 valence electrons. The lowest BCUT2D eigenvalue weighted by molar-refractivity contribution is -0.335. The molecule has 4 heterocycles. The number of cyclic esters (lactones) is 1. The summed E-state index contributed by atoms with van der Waals surface area (Å²) in [6.07, 6.45) is -4.56. The van der Waals surface area contributed by atoms with Crippen LogP contribution in [-0.4, -0.2) is 167 Å². The van der Waals surface area contributed by atoms with Gasteiger partial charge in [-0.05, 0) is 119 Å². The van der Waals surface area contributed by atoms with Crippen molar-refractivity contribution in [1.29, 1.82) is 0 Å². The second kappa shape index (κ2) is 22.4. The fourth-order valence-corrected chi connectivity index (χ4v) is 10.6. The predicted molar refractivity (Wildman–Crippen MR) is 252 cm³/mol. The molecule has 1 aromatic heterocycles. The molecule has 6 N–H and O–H groups in total. The van der Waals surface area contributed by atoms with Crippen molar-refractivity contribution in [3.05, 3.63) is 36.5 Å². The molecule has 5 rings (SSSR count). The van der Waals surface area contributed by atoms with Gasteiger partial charge >= 0.3 is 5.97 Å². The molecular weight excluding hydrogens is 849 g/mol. The minimum atomic E-state index is -1.83. The van der Waals surface area contributed by atoms with Crippen molar-refractivity contribution in [1.82, 2.24) is 20.5 Å². The number of aromatic nitrogens is 1. The standard InChI is InChI=1S/C50H84N4O12/c1-15-21-51-28-50(59)34(8)62-40(25-48(50,10)60-14)65-41-31(5)44(47(9,57)24-29(3)26-52-33(7)43(55)49(11,58)39(16-2)64-45(56)32(41)6)66-46-42(38(54(12)13)22-30(4)61-46)63-36-23-35-19-17-18-20-37(35)53-27-36/h17-20,23,27,29-34,38-44,46,51-52,55,57-59H,15-16,21-22,24-26,28H2,1-14H3/t29-,30-,31+,32-,33-,34+,38+,39-,40+,41+,42-,43-,44-,46+,47-,48-,49-,50+/m1/s1. The van der Waals surface area contributed by atoms with Crippen LogP contribution in [0.4, 0.5) is 0 Å². The van der Waals surface area contributed by atoms with Crippen LogP contribution in [0.1, 0.15) is 108 Å². The summed E-state index contributed by atoms with van der Waals surface area (Å²) in [5.41, 5.74) is -5.19. The Morgan fingerprint density at radius 1 is 0.970 bits per heavy atom. The van der Waals surface area contributed by atoms with Crippen LogP contribution in [0.25, 0.3) is 10.9 Å². The smallest absolute Gasteiger partial charge is 0.311 e.